The molecule has 19 heavy (non-hydrogen) atoms. The first-order chi connectivity index (χ1) is 9.26. The number of halogens is 1. The van der Waals surface area contributed by atoms with Crippen molar-refractivity contribution in [2.24, 2.45) is 0 Å². The van der Waals surface area contributed by atoms with Crippen molar-refractivity contribution in [1.29, 1.82) is 0 Å². The highest BCUT2D eigenvalue weighted by molar-refractivity contribution is 6.17. The number of carbonyl (C=O) groups is 2. The Labute approximate surface area is 116 Å². The lowest BCUT2D eigenvalue weighted by Crippen LogP contribution is -2.09. The second kappa shape index (κ2) is 6.34. The Morgan fingerprint density at radius 3 is 2.74 bits per heavy atom. The number of benzene rings is 2. The molecule has 2 aromatic carbocycles. The van der Waals surface area contributed by atoms with E-state index in [0.29, 0.717) is 29.9 Å². The Bertz CT molecular complexity index is 607. The van der Waals surface area contributed by atoms with Crippen LogP contribution in [0.4, 0.5) is 0 Å². The van der Waals surface area contributed by atoms with Crippen molar-refractivity contribution in [3.63, 3.8) is 0 Å². The number of aldehydes is 1. The molecule has 0 saturated heterocycles. The zero-order valence-electron chi connectivity index (χ0n) is 10.3. The third kappa shape index (κ3) is 3.12. The monoisotopic (exact) mass is 276 g/mol. The number of carbonyl (C=O) groups excluding carboxylic acids is 2. The Morgan fingerprint density at radius 1 is 1.21 bits per heavy atom. The van der Waals surface area contributed by atoms with Gasteiger partial charge in [0.1, 0.15) is 5.75 Å². The van der Waals surface area contributed by atoms with Gasteiger partial charge in [0.15, 0.2) is 6.29 Å². The van der Waals surface area contributed by atoms with Gasteiger partial charge in [0.2, 0.25) is 0 Å². The van der Waals surface area contributed by atoms with Crippen LogP contribution in [0.3, 0.4) is 0 Å². The molecule has 0 N–H and O–H groups in total. The number of fused-ring (bicyclic) bond motifs is 1. The van der Waals surface area contributed by atoms with E-state index in [1.807, 2.05) is 30.3 Å². The van der Waals surface area contributed by atoms with E-state index in [2.05, 4.69) is 0 Å². The molecule has 0 heterocycles. The fourth-order valence-corrected chi connectivity index (χ4v) is 1.98. The van der Waals surface area contributed by atoms with Gasteiger partial charge in [-0.1, -0.05) is 30.3 Å². The van der Waals surface area contributed by atoms with Gasteiger partial charge in [-0.3, -0.25) is 9.59 Å². The minimum atomic E-state index is -0.375. The second-order valence-corrected chi connectivity index (χ2v) is 4.47. The first-order valence-electron chi connectivity index (χ1n) is 6.00. The standard InChI is InChI=1S/C15H13ClO3/c16-9-3-6-14(18)19-15-12(10-17)8-7-11-4-1-2-5-13(11)15/h1-2,4-5,7-8,10H,3,6,9H2. The van der Waals surface area contributed by atoms with Crippen LogP contribution in [0.2, 0.25) is 0 Å². The minimum absolute atomic E-state index is 0.241. The summed E-state index contributed by atoms with van der Waals surface area (Å²) in [5.41, 5.74) is 0.373. The maximum atomic E-state index is 11.7. The molecule has 3 nitrogen and oxygen atoms in total. The summed E-state index contributed by atoms with van der Waals surface area (Å²) in [6.07, 6.45) is 1.49. The zero-order chi connectivity index (χ0) is 13.7. The molecule has 0 spiro atoms. The molecule has 0 aliphatic heterocycles. The molecular weight excluding hydrogens is 264 g/mol. The number of esters is 1. The van der Waals surface area contributed by atoms with E-state index in [1.54, 1.807) is 6.07 Å². The average molecular weight is 277 g/mol. The first-order valence-corrected chi connectivity index (χ1v) is 6.53. The number of rotatable bonds is 5. The molecular formula is C15H13ClO3. The Kier molecular flexibility index (Phi) is 4.53. The van der Waals surface area contributed by atoms with Crippen LogP contribution in [0.25, 0.3) is 10.8 Å². The van der Waals surface area contributed by atoms with E-state index in [9.17, 15) is 9.59 Å². The van der Waals surface area contributed by atoms with E-state index in [-0.39, 0.29) is 12.4 Å². The number of ether oxygens (including phenoxy) is 1. The lowest BCUT2D eigenvalue weighted by molar-refractivity contribution is -0.134. The van der Waals surface area contributed by atoms with Crippen molar-refractivity contribution >= 4 is 34.6 Å². The van der Waals surface area contributed by atoms with E-state index in [0.717, 1.165) is 10.8 Å². The van der Waals surface area contributed by atoms with Crippen LogP contribution < -0.4 is 4.74 Å². The van der Waals surface area contributed by atoms with Crippen LogP contribution in [0, 0.1) is 0 Å². The van der Waals surface area contributed by atoms with Crippen molar-refractivity contribution in [3.8, 4) is 5.75 Å². The van der Waals surface area contributed by atoms with E-state index >= 15 is 0 Å². The molecule has 2 rings (SSSR count). The van der Waals surface area contributed by atoms with Crippen molar-refractivity contribution in [3.05, 3.63) is 42.0 Å². The molecule has 4 heteroatoms. The predicted octanol–water partition coefficient (Wildman–Crippen LogP) is 3.58. The molecule has 0 radical (unpaired) electrons. The summed E-state index contributed by atoms with van der Waals surface area (Å²) in [5.74, 6) is 0.360. The number of alkyl halides is 1. The van der Waals surface area contributed by atoms with Gasteiger partial charge in [-0.25, -0.2) is 0 Å². The predicted molar refractivity (Wildman–Crippen MR) is 74.9 cm³/mol. The molecule has 0 amide bonds. The zero-order valence-corrected chi connectivity index (χ0v) is 11.0. The van der Waals surface area contributed by atoms with Crippen molar-refractivity contribution in [2.75, 3.05) is 5.88 Å². The normalized spacial score (nSPS) is 10.4. The molecule has 0 bridgehead atoms. The molecule has 0 fully saturated rings. The largest absolute Gasteiger partial charge is 0.425 e. The van der Waals surface area contributed by atoms with Gasteiger partial charge in [0, 0.05) is 17.7 Å². The summed E-state index contributed by atoms with van der Waals surface area (Å²) in [4.78, 5) is 22.7. The summed E-state index contributed by atoms with van der Waals surface area (Å²) in [6.45, 7) is 0. The van der Waals surface area contributed by atoms with Gasteiger partial charge < -0.3 is 4.74 Å². The van der Waals surface area contributed by atoms with Crippen LogP contribution >= 0.6 is 11.6 Å². The first kappa shape index (κ1) is 13.6. The van der Waals surface area contributed by atoms with Gasteiger partial charge >= 0.3 is 5.97 Å². The summed E-state index contributed by atoms with van der Waals surface area (Å²) in [6, 6.07) is 10.9. The fraction of sp³-hybridized carbons (Fsp3) is 0.200. The summed E-state index contributed by atoms with van der Waals surface area (Å²) in [7, 11) is 0. The van der Waals surface area contributed by atoms with E-state index in [4.69, 9.17) is 16.3 Å². The number of hydrogen-bond acceptors (Lipinski definition) is 3. The second-order valence-electron chi connectivity index (χ2n) is 4.09. The average Bonchev–Trinajstić information content (AvgIpc) is 2.45. The lowest BCUT2D eigenvalue weighted by Gasteiger charge is -2.09. The lowest BCUT2D eigenvalue weighted by atomic mass is 10.1. The highest BCUT2D eigenvalue weighted by Crippen LogP contribution is 2.29. The molecule has 0 unspecified atom stereocenters. The Morgan fingerprint density at radius 2 is 2.00 bits per heavy atom. The molecule has 0 aromatic heterocycles. The van der Waals surface area contributed by atoms with Crippen molar-refractivity contribution in [2.45, 2.75) is 12.8 Å². The SMILES string of the molecule is O=Cc1ccc2ccccc2c1OC(=O)CCCCl. The molecule has 98 valence electrons. The van der Waals surface area contributed by atoms with Crippen LogP contribution in [-0.2, 0) is 4.79 Å². The molecule has 0 atom stereocenters. The fourth-order valence-electron chi connectivity index (χ4n) is 1.84. The summed E-state index contributed by atoms with van der Waals surface area (Å²) >= 11 is 5.54. The smallest absolute Gasteiger partial charge is 0.311 e. The molecule has 0 aliphatic rings. The van der Waals surface area contributed by atoms with Gasteiger partial charge in [-0.2, -0.15) is 0 Å². The van der Waals surface area contributed by atoms with Crippen LogP contribution in [0.1, 0.15) is 23.2 Å². The number of hydrogen-bond donors (Lipinski definition) is 0. The Balaban J connectivity index is 2.39. The van der Waals surface area contributed by atoms with Crippen LogP contribution in [-0.4, -0.2) is 18.1 Å². The van der Waals surface area contributed by atoms with Gasteiger partial charge in [0.05, 0.1) is 5.56 Å². The van der Waals surface area contributed by atoms with Crippen molar-refractivity contribution in [1.82, 2.24) is 0 Å². The van der Waals surface area contributed by atoms with Crippen molar-refractivity contribution < 1.29 is 14.3 Å². The molecule has 2 aromatic rings. The Hall–Kier alpha value is -1.87. The highest BCUT2D eigenvalue weighted by Gasteiger charge is 2.12. The van der Waals surface area contributed by atoms with Gasteiger partial charge in [-0.15, -0.1) is 11.6 Å². The topological polar surface area (TPSA) is 43.4 Å². The summed E-state index contributed by atoms with van der Waals surface area (Å²) < 4.78 is 5.32. The molecule has 0 saturated carbocycles. The molecule has 0 aliphatic carbocycles. The maximum absolute atomic E-state index is 11.7. The van der Waals surface area contributed by atoms with Gasteiger partial charge in [0.25, 0.3) is 0 Å². The minimum Gasteiger partial charge on any atom is -0.425 e. The van der Waals surface area contributed by atoms with Gasteiger partial charge in [-0.05, 0) is 17.9 Å². The quantitative estimate of drug-likeness (QED) is 0.363. The highest BCUT2D eigenvalue weighted by atomic mass is 35.5. The maximum Gasteiger partial charge on any atom is 0.311 e. The van der Waals surface area contributed by atoms with Crippen LogP contribution in [0.15, 0.2) is 36.4 Å². The third-order valence-corrected chi connectivity index (χ3v) is 3.03. The van der Waals surface area contributed by atoms with E-state index < -0.39 is 0 Å². The van der Waals surface area contributed by atoms with E-state index in [1.165, 1.54) is 0 Å². The third-order valence-electron chi connectivity index (χ3n) is 2.77. The summed E-state index contributed by atoms with van der Waals surface area (Å²) in [5, 5.41) is 1.68. The van der Waals surface area contributed by atoms with Crippen LogP contribution in [0.5, 0.6) is 5.75 Å².